The maximum Gasteiger partial charge on any atom is 0.234 e. The van der Waals surface area contributed by atoms with E-state index < -0.39 is 0 Å². The van der Waals surface area contributed by atoms with Gasteiger partial charge in [0.1, 0.15) is 11.5 Å². The van der Waals surface area contributed by atoms with Crippen molar-refractivity contribution in [1.82, 2.24) is 5.32 Å². The topological polar surface area (TPSA) is 72.0 Å². The number of anilines is 1. The van der Waals surface area contributed by atoms with Crippen molar-refractivity contribution in [3.05, 3.63) is 18.2 Å². The summed E-state index contributed by atoms with van der Waals surface area (Å²) in [7, 11) is 3.15. The second-order valence-electron chi connectivity index (χ2n) is 6.04. The number of rotatable bonds is 5. The number of benzene rings is 1. The predicted molar refractivity (Wildman–Crippen MR) is 102 cm³/mol. The maximum atomic E-state index is 12.1. The fourth-order valence-electron chi connectivity index (χ4n) is 2.04. The SMILES string of the molecule is COc1ccc(OC)c(NC(=O)CSC2=NCC(C)(C)CN2)c1.Cl. The minimum atomic E-state index is -0.115. The lowest BCUT2D eigenvalue weighted by Crippen LogP contribution is -2.39. The molecule has 0 aromatic heterocycles. The smallest absolute Gasteiger partial charge is 0.234 e. The number of methoxy groups -OCH3 is 2. The van der Waals surface area contributed by atoms with Crippen molar-refractivity contribution in [2.75, 3.05) is 38.4 Å². The van der Waals surface area contributed by atoms with Gasteiger partial charge in [0.25, 0.3) is 0 Å². The average molecular weight is 374 g/mol. The van der Waals surface area contributed by atoms with Crippen molar-refractivity contribution < 1.29 is 14.3 Å². The third kappa shape index (κ3) is 5.79. The molecule has 1 aromatic rings. The number of halogens is 1. The van der Waals surface area contributed by atoms with E-state index in [4.69, 9.17) is 9.47 Å². The number of ether oxygens (including phenoxy) is 2. The molecule has 0 atom stereocenters. The molecule has 1 aromatic carbocycles. The highest BCUT2D eigenvalue weighted by atomic mass is 35.5. The standard InChI is InChI=1S/C16H23N3O3S.ClH/c1-16(2)9-17-15(18-10-16)23-8-14(20)19-12-7-11(21-3)5-6-13(12)22-4;/h5-7H,8-10H2,1-4H3,(H,17,18)(H,19,20);1H. The molecular weight excluding hydrogens is 350 g/mol. The summed E-state index contributed by atoms with van der Waals surface area (Å²) in [5.74, 6) is 1.43. The first kappa shape index (κ1) is 20.4. The van der Waals surface area contributed by atoms with E-state index in [0.29, 0.717) is 17.2 Å². The average Bonchev–Trinajstić information content (AvgIpc) is 2.53. The molecule has 0 unspecified atom stereocenters. The molecule has 1 aliphatic rings. The van der Waals surface area contributed by atoms with E-state index >= 15 is 0 Å². The third-order valence-electron chi connectivity index (χ3n) is 3.39. The Morgan fingerprint density at radius 2 is 2.12 bits per heavy atom. The second kappa shape index (κ2) is 9.03. The molecule has 24 heavy (non-hydrogen) atoms. The molecule has 6 nitrogen and oxygen atoms in total. The molecule has 2 rings (SSSR count). The van der Waals surface area contributed by atoms with Gasteiger partial charge < -0.3 is 20.1 Å². The van der Waals surface area contributed by atoms with Crippen molar-refractivity contribution >= 4 is 40.9 Å². The van der Waals surface area contributed by atoms with Gasteiger partial charge in [-0.25, -0.2) is 0 Å². The Balaban J connectivity index is 0.00000288. The van der Waals surface area contributed by atoms with Crippen LogP contribution in [0.3, 0.4) is 0 Å². The molecule has 0 aliphatic carbocycles. The van der Waals surface area contributed by atoms with Crippen LogP contribution in [0.25, 0.3) is 0 Å². The summed E-state index contributed by atoms with van der Waals surface area (Å²) in [5, 5.41) is 6.92. The van der Waals surface area contributed by atoms with Gasteiger partial charge in [-0.3, -0.25) is 9.79 Å². The van der Waals surface area contributed by atoms with Gasteiger partial charge in [-0.2, -0.15) is 0 Å². The van der Waals surface area contributed by atoms with E-state index in [0.717, 1.165) is 18.3 Å². The van der Waals surface area contributed by atoms with Gasteiger partial charge in [0, 0.05) is 24.6 Å². The van der Waals surface area contributed by atoms with E-state index in [2.05, 4.69) is 29.5 Å². The maximum absolute atomic E-state index is 12.1. The van der Waals surface area contributed by atoms with Gasteiger partial charge in [-0.15, -0.1) is 12.4 Å². The van der Waals surface area contributed by atoms with Crippen molar-refractivity contribution in [2.45, 2.75) is 13.8 Å². The molecule has 134 valence electrons. The normalized spacial score (nSPS) is 15.4. The van der Waals surface area contributed by atoms with Crippen LogP contribution in [-0.4, -0.2) is 44.1 Å². The summed E-state index contributed by atoms with van der Waals surface area (Å²) < 4.78 is 10.4. The molecule has 0 saturated heterocycles. The Labute approximate surface area is 153 Å². The fraction of sp³-hybridized carbons (Fsp3) is 0.500. The Kier molecular flexibility index (Phi) is 7.69. The Morgan fingerprint density at radius 3 is 2.71 bits per heavy atom. The molecule has 1 amide bonds. The van der Waals surface area contributed by atoms with Gasteiger partial charge in [-0.05, 0) is 12.1 Å². The number of carbonyl (C=O) groups excluding carboxylic acids is 1. The monoisotopic (exact) mass is 373 g/mol. The number of carbonyl (C=O) groups is 1. The Hall–Kier alpha value is -1.60. The Bertz CT molecular complexity index is 608. The number of nitrogens with zero attached hydrogens (tertiary/aromatic N) is 1. The number of hydrogen-bond acceptors (Lipinski definition) is 6. The van der Waals surface area contributed by atoms with Crippen LogP contribution >= 0.6 is 24.2 Å². The van der Waals surface area contributed by atoms with Crippen LogP contribution < -0.4 is 20.1 Å². The molecule has 0 radical (unpaired) electrons. The molecule has 2 N–H and O–H groups in total. The number of thioether (sulfide) groups is 1. The molecular formula is C16H24ClN3O3S. The van der Waals surface area contributed by atoms with Gasteiger partial charge >= 0.3 is 0 Å². The first-order valence-corrected chi connectivity index (χ1v) is 8.35. The largest absolute Gasteiger partial charge is 0.497 e. The number of amides is 1. The zero-order chi connectivity index (χ0) is 16.9. The summed E-state index contributed by atoms with van der Waals surface area (Å²) >= 11 is 1.40. The summed E-state index contributed by atoms with van der Waals surface area (Å²) in [4.78, 5) is 16.6. The zero-order valence-corrected chi connectivity index (χ0v) is 16.0. The van der Waals surface area contributed by atoms with Crippen molar-refractivity contribution in [1.29, 1.82) is 0 Å². The lowest BCUT2D eigenvalue weighted by Gasteiger charge is -2.28. The van der Waals surface area contributed by atoms with E-state index in [1.54, 1.807) is 32.4 Å². The third-order valence-corrected chi connectivity index (χ3v) is 4.34. The van der Waals surface area contributed by atoms with Crippen LogP contribution in [0.4, 0.5) is 5.69 Å². The van der Waals surface area contributed by atoms with Crippen molar-refractivity contribution in [2.24, 2.45) is 10.4 Å². The van der Waals surface area contributed by atoms with Crippen LogP contribution in [0.15, 0.2) is 23.2 Å². The van der Waals surface area contributed by atoms with Crippen LogP contribution in [0.5, 0.6) is 11.5 Å². The molecule has 0 spiro atoms. The summed E-state index contributed by atoms with van der Waals surface area (Å²) in [6, 6.07) is 5.28. The van der Waals surface area contributed by atoms with E-state index in [-0.39, 0.29) is 29.5 Å². The summed E-state index contributed by atoms with van der Waals surface area (Å²) in [6.07, 6.45) is 0. The first-order chi connectivity index (χ1) is 10.9. The van der Waals surface area contributed by atoms with Crippen LogP contribution in [0.1, 0.15) is 13.8 Å². The number of nitrogens with one attached hydrogen (secondary N) is 2. The number of hydrogen-bond donors (Lipinski definition) is 2. The zero-order valence-electron chi connectivity index (χ0n) is 14.3. The van der Waals surface area contributed by atoms with E-state index in [9.17, 15) is 4.79 Å². The quantitative estimate of drug-likeness (QED) is 0.830. The fourth-order valence-corrected chi connectivity index (χ4v) is 2.71. The minimum absolute atomic E-state index is 0. The molecule has 0 fully saturated rings. The van der Waals surface area contributed by atoms with Gasteiger partial charge in [0.15, 0.2) is 5.17 Å². The van der Waals surface area contributed by atoms with Crippen molar-refractivity contribution in [3.63, 3.8) is 0 Å². The highest BCUT2D eigenvalue weighted by Crippen LogP contribution is 2.29. The number of amidine groups is 1. The highest BCUT2D eigenvalue weighted by Gasteiger charge is 2.22. The van der Waals surface area contributed by atoms with Crippen LogP contribution in [0.2, 0.25) is 0 Å². The first-order valence-electron chi connectivity index (χ1n) is 7.36. The number of aliphatic imine (C=N–C) groups is 1. The molecule has 0 bridgehead atoms. The van der Waals surface area contributed by atoms with Crippen LogP contribution in [0, 0.1) is 5.41 Å². The van der Waals surface area contributed by atoms with Gasteiger partial charge in [0.05, 0.1) is 25.7 Å². The highest BCUT2D eigenvalue weighted by molar-refractivity contribution is 8.14. The molecule has 8 heteroatoms. The molecule has 1 aliphatic heterocycles. The van der Waals surface area contributed by atoms with E-state index in [1.807, 2.05) is 0 Å². The second-order valence-corrected chi connectivity index (χ2v) is 7.01. The van der Waals surface area contributed by atoms with Gasteiger partial charge in [-0.1, -0.05) is 25.6 Å². The Morgan fingerprint density at radius 1 is 1.38 bits per heavy atom. The van der Waals surface area contributed by atoms with Crippen molar-refractivity contribution in [3.8, 4) is 11.5 Å². The summed E-state index contributed by atoms with van der Waals surface area (Å²) in [6.45, 7) is 5.96. The lowest BCUT2D eigenvalue weighted by atomic mass is 9.93. The van der Waals surface area contributed by atoms with E-state index in [1.165, 1.54) is 11.8 Å². The minimum Gasteiger partial charge on any atom is -0.497 e. The molecule has 1 heterocycles. The van der Waals surface area contributed by atoms with Crippen LogP contribution in [-0.2, 0) is 4.79 Å². The summed E-state index contributed by atoms with van der Waals surface area (Å²) in [5.41, 5.74) is 0.762. The lowest BCUT2D eigenvalue weighted by molar-refractivity contribution is -0.113. The molecule has 0 saturated carbocycles. The predicted octanol–water partition coefficient (Wildman–Crippen LogP) is 2.78. The van der Waals surface area contributed by atoms with Gasteiger partial charge in [0.2, 0.25) is 5.91 Å².